The topological polar surface area (TPSA) is 56.5 Å². The Morgan fingerprint density at radius 2 is 2.43 bits per heavy atom. The highest BCUT2D eigenvalue weighted by atomic mass is 16.5. The lowest BCUT2D eigenvalue weighted by molar-refractivity contribution is 0.105. The smallest absolute Gasteiger partial charge is 0.0626 e. The average Bonchev–Trinajstić information content (AvgIpc) is 2.52. The van der Waals surface area contributed by atoms with E-state index >= 15 is 0 Å². The molecule has 0 saturated carbocycles. The van der Waals surface area contributed by atoms with Crippen LogP contribution in [0, 0.1) is 5.92 Å². The third kappa shape index (κ3) is 3.92. The standard InChI is InChI=1S/C10H22N2O2/c1-8-9(3-4-14-8)5-12-6-10(11)7-13-2/h8-10,12H,3-7,11H2,1-2H3. The molecule has 0 bridgehead atoms. The Balaban J connectivity index is 2.03. The molecule has 0 aromatic carbocycles. The molecule has 3 atom stereocenters. The van der Waals surface area contributed by atoms with Crippen molar-refractivity contribution in [3.05, 3.63) is 0 Å². The van der Waals surface area contributed by atoms with Crippen LogP contribution in [-0.2, 0) is 9.47 Å². The minimum absolute atomic E-state index is 0.0950. The van der Waals surface area contributed by atoms with E-state index in [0.29, 0.717) is 18.6 Å². The lowest BCUT2D eigenvalue weighted by atomic mass is 10.0. The van der Waals surface area contributed by atoms with Crippen molar-refractivity contribution in [3.63, 3.8) is 0 Å². The molecule has 0 aromatic heterocycles. The van der Waals surface area contributed by atoms with Crippen molar-refractivity contribution in [2.75, 3.05) is 33.4 Å². The SMILES string of the molecule is COCC(N)CNCC1CCOC1C. The van der Waals surface area contributed by atoms with Crippen LogP contribution in [0.3, 0.4) is 0 Å². The van der Waals surface area contributed by atoms with Gasteiger partial charge in [0, 0.05) is 32.8 Å². The van der Waals surface area contributed by atoms with Crippen molar-refractivity contribution < 1.29 is 9.47 Å². The predicted molar refractivity (Wildman–Crippen MR) is 56.2 cm³/mol. The van der Waals surface area contributed by atoms with Gasteiger partial charge in [-0.25, -0.2) is 0 Å². The first-order valence-electron chi connectivity index (χ1n) is 5.31. The van der Waals surface area contributed by atoms with Crippen LogP contribution in [0.1, 0.15) is 13.3 Å². The van der Waals surface area contributed by atoms with E-state index < -0.39 is 0 Å². The fraction of sp³-hybridized carbons (Fsp3) is 1.00. The van der Waals surface area contributed by atoms with Gasteiger partial charge in [0.25, 0.3) is 0 Å². The maximum Gasteiger partial charge on any atom is 0.0626 e. The van der Waals surface area contributed by atoms with E-state index in [-0.39, 0.29) is 6.04 Å². The van der Waals surface area contributed by atoms with E-state index in [4.69, 9.17) is 15.2 Å². The summed E-state index contributed by atoms with van der Waals surface area (Å²) in [6.45, 7) is 5.46. The van der Waals surface area contributed by atoms with E-state index in [2.05, 4.69) is 12.2 Å². The van der Waals surface area contributed by atoms with Crippen LogP contribution in [0.25, 0.3) is 0 Å². The molecule has 1 fully saturated rings. The van der Waals surface area contributed by atoms with E-state index in [1.54, 1.807) is 7.11 Å². The summed E-state index contributed by atoms with van der Waals surface area (Å²) in [5.74, 6) is 0.643. The molecule has 0 aromatic rings. The van der Waals surface area contributed by atoms with Gasteiger partial charge in [0.1, 0.15) is 0 Å². The van der Waals surface area contributed by atoms with Crippen molar-refractivity contribution in [2.45, 2.75) is 25.5 Å². The second kappa shape index (κ2) is 6.35. The molecule has 1 heterocycles. The van der Waals surface area contributed by atoms with E-state index in [1.807, 2.05) is 0 Å². The Bertz CT molecular complexity index is 155. The second-order valence-corrected chi connectivity index (χ2v) is 4.00. The quantitative estimate of drug-likeness (QED) is 0.635. The van der Waals surface area contributed by atoms with Crippen LogP contribution < -0.4 is 11.1 Å². The molecule has 1 rings (SSSR count). The van der Waals surface area contributed by atoms with Crippen molar-refractivity contribution in [1.29, 1.82) is 0 Å². The molecule has 0 aliphatic carbocycles. The van der Waals surface area contributed by atoms with Gasteiger partial charge in [0.05, 0.1) is 12.7 Å². The summed E-state index contributed by atoms with van der Waals surface area (Å²) in [4.78, 5) is 0. The van der Waals surface area contributed by atoms with Crippen LogP contribution in [-0.4, -0.2) is 45.6 Å². The molecule has 3 N–H and O–H groups in total. The minimum Gasteiger partial charge on any atom is -0.383 e. The zero-order chi connectivity index (χ0) is 10.4. The minimum atomic E-state index is 0.0950. The summed E-state index contributed by atoms with van der Waals surface area (Å²) >= 11 is 0. The monoisotopic (exact) mass is 202 g/mol. The Morgan fingerprint density at radius 1 is 1.64 bits per heavy atom. The normalized spacial score (nSPS) is 29.4. The number of rotatable bonds is 6. The summed E-state index contributed by atoms with van der Waals surface area (Å²) in [5.41, 5.74) is 5.78. The first kappa shape index (κ1) is 11.9. The third-order valence-corrected chi connectivity index (χ3v) is 2.73. The number of nitrogens with one attached hydrogen (secondary N) is 1. The van der Waals surface area contributed by atoms with Crippen LogP contribution in [0.15, 0.2) is 0 Å². The fourth-order valence-electron chi connectivity index (χ4n) is 1.77. The number of hydrogen-bond acceptors (Lipinski definition) is 4. The maximum absolute atomic E-state index is 5.78. The van der Waals surface area contributed by atoms with Crippen LogP contribution >= 0.6 is 0 Å². The number of methoxy groups -OCH3 is 1. The van der Waals surface area contributed by atoms with E-state index in [0.717, 1.165) is 26.1 Å². The Labute approximate surface area is 86.1 Å². The molecule has 1 aliphatic rings. The van der Waals surface area contributed by atoms with Crippen molar-refractivity contribution in [2.24, 2.45) is 11.7 Å². The van der Waals surface area contributed by atoms with Gasteiger partial charge in [0.2, 0.25) is 0 Å². The first-order chi connectivity index (χ1) is 6.74. The Hall–Kier alpha value is -0.160. The number of nitrogens with two attached hydrogens (primary N) is 1. The third-order valence-electron chi connectivity index (χ3n) is 2.73. The lowest BCUT2D eigenvalue weighted by Gasteiger charge is -2.17. The summed E-state index contributed by atoms with van der Waals surface area (Å²) in [5, 5.41) is 3.36. The molecule has 4 heteroatoms. The average molecular weight is 202 g/mol. The van der Waals surface area contributed by atoms with Gasteiger partial charge >= 0.3 is 0 Å². The molecular weight excluding hydrogens is 180 g/mol. The van der Waals surface area contributed by atoms with Crippen LogP contribution in [0.5, 0.6) is 0 Å². The highest BCUT2D eigenvalue weighted by Crippen LogP contribution is 2.18. The largest absolute Gasteiger partial charge is 0.383 e. The molecule has 84 valence electrons. The summed E-state index contributed by atoms with van der Waals surface area (Å²) in [6, 6.07) is 0.0950. The molecule has 0 radical (unpaired) electrons. The van der Waals surface area contributed by atoms with Crippen molar-refractivity contribution in [1.82, 2.24) is 5.32 Å². The Morgan fingerprint density at radius 3 is 3.00 bits per heavy atom. The molecule has 14 heavy (non-hydrogen) atoms. The van der Waals surface area contributed by atoms with Gasteiger partial charge in [-0.3, -0.25) is 0 Å². The molecule has 3 unspecified atom stereocenters. The molecule has 0 amide bonds. The summed E-state index contributed by atoms with van der Waals surface area (Å²) < 4.78 is 10.4. The van der Waals surface area contributed by atoms with Gasteiger partial charge in [0.15, 0.2) is 0 Å². The zero-order valence-electron chi connectivity index (χ0n) is 9.16. The van der Waals surface area contributed by atoms with Crippen LogP contribution in [0.4, 0.5) is 0 Å². The zero-order valence-corrected chi connectivity index (χ0v) is 9.16. The maximum atomic E-state index is 5.78. The van der Waals surface area contributed by atoms with Gasteiger partial charge in [-0.2, -0.15) is 0 Å². The van der Waals surface area contributed by atoms with E-state index in [1.165, 1.54) is 0 Å². The van der Waals surface area contributed by atoms with Gasteiger partial charge in [-0.05, 0) is 19.3 Å². The molecule has 4 nitrogen and oxygen atoms in total. The highest BCUT2D eigenvalue weighted by Gasteiger charge is 2.23. The fourth-order valence-corrected chi connectivity index (χ4v) is 1.77. The van der Waals surface area contributed by atoms with Crippen LogP contribution in [0.2, 0.25) is 0 Å². The summed E-state index contributed by atoms with van der Waals surface area (Å²) in [6.07, 6.45) is 1.55. The highest BCUT2D eigenvalue weighted by molar-refractivity contribution is 4.75. The van der Waals surface area contributed by atoms with E-state index in [9.17, 15) is 0 Å². The van der Waals surface area contributed by atoms with Gasteiger partial charge < -0.3 is 20.5 Å². The second-order valence-electron chi connectivity index (χ2n) is 4.00. The lowest BCUT2D eigenvalue weighted by Crippen LogP contribution is -2.39. The molecule has 1 saturated heterocycles. The van der Waals surface area contributed by atoms with Gasteiger partial charge in [-0.1, -0.05) is 0 Å². The number of ether oxygens (including phenoxy) is 2. The van der Waals surface area contributed by atoms with Gasteiger partial charge in [-0.15, -0.1) is 0 Å². The summed E-state index contributed by atoms with van der Waals surface area (Å²) in [7, 11) is 1.67. The first-order valence-corrected chi connectivity index (χ1v) is 5.31. The molecular formula is C10H22N2O2. The van der Waals surface area contributed by atoms with Crippen molar-refractivity contribution in [3.8, 4) is 0 Å². The Kier molecular flexibility index (Phi) is 5.40. The predicted octanol–water partition coefficient (Wildman–Crippen LogP) is -0.0253. The molecule has 0 spiro atoms. The number of hydrogen-bond donors (Lipinski definition) is 2. The van der Waals surface area contributed by atoms with Crippen molar-refractivity contribution >= 4 is 0 Å². The molecule has 1 aliphatic heterocycles.